The van der Waals surface area contributed by atoms with Crippen LogP contribution in [0.1, 0.15) is 0 Å². The van der Waals surface area contributed by atoms with Gasteiger partial charge in [-0.3, -0.25) is 0 Å². The van der Waals surface area contributed by atoms with Gasteiger partial charge >= 0.3 is 0 Å². The molecular formula is C12H12O4S2. The fourth-order valence-electron chi connectivity index (χ4n) is 1.66. The highest BCUT2D eigenvalue weighted by Crippen LogP contribution is 2.22. The Balaban J connectivity index is 2.70. The van der Waals surface area contributed by atoms with Crippen molar-refractivity contribution in [3.8, 4) is 0 Å². The molecule has 0 saturated heterocycles. The first kappa shape index (κ1) is 13.0. The fourth-order valence-corrected chi connectivity index (χ4v) is 2.98. The fraction of sp³-hybridized carbons (Fsp3) is 0.167. The third kappa shape index (κ3) is 2.54. The number of hydrogen-bond acceptors (Lipinski definition) is 4. The lowest BCUT2D eigenvalue weighted by Crippen LogP contribution is -1.98. The van der Waals surface area contributed by atoms with E-state index in [1.807, 2.05) is 0 Å². The van der Waals surface area contributed by atoms with Crippen molar-refractivity contribution in [2.75, 3.05) is 12.5 Å². The zero-order chi connectivity index (χ0) is 13.6. The van der Waals surface area contributed by atoms with E-state index < -0.39 is 19.7 Å². The molecule has 0 bridgehead atoms. The van der Waals surface area contributed by atoms with Crippen molar-refractivity contribution in [1.29, 1.82) is 0 Å². The summed E-state index contributed by atoms with van der Waals surface area (Å²) in [5.74, 6) is 0. The van der Waals surface area contributed by atoms with Crippen molar-refractivity contribution >= 4 is 30.4 Å². The van der Waals surface area contributed by atoms with E-state index in [-0.39, 0.29) is 9.79 Å². The van der Waals surface area contributed by atoms with Gasteiger partial charge in [0.2, 0.25) is 0 Å². The van der Waals surface area contributed by atoms with Gasteiger partial charge in [0, 0.05) is 12.5 Å². The van der Waals surface area contributed by atoms with Crippen LogP contribution in [0.15, 0.2) is 46.2 Å². The Morgan fingerprint density at radius 1 is 0.667 bits per heavy atom. The number of rotatable bonds is 2. The van der Waals surface area contributed by atoms with E-state index in [0.29, 0.717) is 10.8 Å². The molecule has 0 heterocycles. The van der Waals surface area contributed by atoms with Crippen LogP contribution in [0.25, 0.3) is 10.8 Å². The Bertz CT molecular complexity index is 747. The molecule has 96 valence electrons. The van der Waals surface area contributed by atoms with Gasteiger partial charge in [-0.05, 0) is 35.0 Å². The summed E-state index contributed by atoms with van der Waals surface area (Å²) in [5, 5.41) is 1.40. The minimum Gasteiger partial charge on any atom is -0.224 e. The Labute approximate surface area is 106 Å². The van der Waals surface area contributed by atoms with Gasteiger partial charge in [0.05, 0.1) is 9.79 Å². The third-order valence-corrected chi connectivity index (χ3v) is 4.86. The third-order valence-electron chi connectivity index (χ3n) is 2.64. The topological polar surface area (TPSA) is 68.3 Å². The smallest absolute Gasteiger partial charge is 0.175 e. The molecule has 4 nitrogen and oxygen atoms in total. The molecule has 0 spiro atoms. The summed E-state index contributed by atoms with van der Waals surface area (Å²) < 4.78 is 45.6. The molecule has 2 aromatic carbocycles. The Hall–Kier alpha value is -1.40. The minimum atomic E-state index is -3.25. The van der Waals surface area contributed by atoms with Gasteiger partial charge < -0.3 is 0 Å². The molecule has 0 radical (unpaired) electrons. The highest BCUT2D eigenvalue weighted by Gasteiger charge is 2.10. The minimum absolute atomic E-state index is 0.224. The summed E-state index contributed by atoms with van der Waals surface area (Å²) >= 11 is 0. The number of benzene rings is 2. The molecule has 18 heavy (non-hydrogen) atoms. The van der Waals surface area contributed by atoms with Gasteiger partial charge in [-0.2, -0.15) is 0 Å². The molecular weight excluding hydrogens is 272 g/mol. The van der Waals surface area contributed by atoms with Crippen molar-refractivity contribution in [1.82, 2.24) is 0 Å². The SMILES string of the molecule is CS(=O)(=O)c1ccc2cc(S(C)(=O)=O)ccc2c1. The first-order chi connectivity index (χ1) is 8.18. The second-order valence-corrected chi connectivity index (χ2v) is 8.25. The zero-order valence-corrected chi connectivity index (χ0v) is 11.5. The molecule has 0 fully saturated rings. The number of hydrogen-bond donors (Lipinski definition) is 0. The monoisotopic (exact) mass is 284 g/mol. The molecule has 2 rings (SSSR count). The molecule has 0 aliphatic rings. The van der Waals surface area contributed by atoms with Crippen LogP contribution in [0, 0.1) is 0 Å². The van der Waals surface area contributed by atoms with Gasteiger partial charge in [0.25, 0.3) is 0 Å². The van der Waals surface area contributed by atoms with E-state index in [9.17, 15) is 16.8 Å². The summed E-state index contributed by atoms with van der Waals surface area (Å²) in [7, 11) is -6.50. The van der Waals surface area contributed by atoms with E-state index in [2.05, 4.69) is 0 Å². The van der Waals surface area contributed by atoms with Crippen LogP contribution in [0.3, 0.4) is 0 Å². The number of fused-ring (bicyclic) bond motifs is 1. The van der Waals surface area contributed by atoms with Crippen molar-refractivity contribution in [2.24, 2.45) is 0 Å². The molecule has 0 amide bonds. The Morgan fingerprint density at radius 2 is 1.00 bits per heavy atom. The predicted molar refractivity (Wildman–Crippen MR) is 70.2 cm³/mol. The average Bonchev–Trinajstić information content (AvgIpc) is 2.25. The average molecular weight is 284 g/mol. The quantitative estimate of drug-likeness (QED) is 0.841. The molecule has 0 unspecified atom stereocenters. The zero-order valence-electron chi connectivity index (χ0n) is 9.91. The molecule has 0 aromatic heterocycles. The van der Waals surface area contributed by atoms with Crippen molar-refractivity contribution < 1.29 is 16.8 Å². The van der Waals surface area contributed by atoms with E-state index in [1.54, 1.807) is 12.1 Å². The van der Waals surface area contributed by atoms with Gasteiger partial charge in [0.15, 0.2) is 19.7 Å². The van der Waals surface area contributed by atoms with Crippen LogP contribution < -0.4 is 0 Å². The lowest BCUT2D eigenvalue weighted by molar-refractivity contribution is 0.600. The summed E-state index contributed by atoms with van der Waals surface area (Å²) in [6.45, 7) is 0. The van der Waals surface area contributed by atoms with E-state index in [0.717, 1.165) is 12.5 Å². The highest BCUT2D eigenvalue weighted by atomic mass is 32.2. The molecule has 2 aromatic rings. The molecule has 0 aliphatic carbocycles. The molecule has 0 saturated carbocycles. The highest BCUT2D eigenvalue weighted by molar-refractivity contribution is 7.91. The summed E-state index contributed by atoms with van der Waals surface area (Å²) in [4.78, 5) is 0.448. The van der Waals surface area contributed by atoms with Gasteiger partial charge in [0.1, 0.15) is 0 Å². The van der Waals surface area contributed by atoms with Crippen LogP contribution in [0.5, 0.6) is 0 Å². The second kappa shape index (κ2) is 4.07. The maximum Gasteiger partial charge on any atom is 0.175 e. The Kier molecular flexibility index (Phi) is 2.95. The van der Waals surface area contributed by atoms with Gasteiger partial charge in [-0.15, -0.1) is 0 Å². The lowest BCUT2D eigenvalue weighted by atomic mass is 10.1. The molecule has 0 N–H and O–H groups in total. The predicted octanol–water partition coefficient (Wildman–Crippen LogP) is 1.65. The van der Waals surface area contributed by atoms with Crippen molar-refractivity contribution in [3.63, 3.8) is 0 Å². The van der Waals surface area contributed by atoms with Gasteiger partial charge in [-0.1, -0.05) is 12.1 Å². The van der Waals surface area contributed by atoms with E-state index in [1.165, 1.54) is 24.3 Å². The molecule has 0 aliphatic heterocycles. The second-order valence-electron chi connectivity index (χ2n) is 4.22. The van der Waals surface area contributed by atoms with Crippen LogP contribution >= 0.6 is 0 Å². The van der Waals surface area contributed by atoms with Crippen LogP contribution in [-0.4, -0.2) is 29.3 Å². The molecule has 0 atom stereocenters. The largest absolute Gasteiger partial charge is 0.224 e. The Morgan fingerprint density at radius 3 is 1.28 bits per heavy atom. The first-order valence-corrected chi connectivity index (χ1v) is 8.90. The van der Waals surface area contributed by atoms with Crippen molar-refractivity contribution in [2.45, 2.75) is 9.79 Å². The first-order valence-electron chi connectivity index (χ1n) is 5.12. The maximum absolute atomic E-state index is 11.4. The van der Waals surface area contributed by atoms with Crippen molar-refractivity contribution in [3.05, 3.63) is 36.4 Å². The van der Waals surface area contributed by atoms with Crippen LogP contribution in [0.2, 0.25) is 0 Å². The number of sulfone groups is 2. The standard InChI is InChI=1S/C12H12O4S2/c1-17(13,14)11-5-3-10-8-12(18(2,15)16)6-4-9(10)7-11/h3-8H,1-2H3. The maximum atomic E-state index is 11.4. The van der Waals surface area contributed by atoms with Crippen LogP contribution in [-0.2, 0) is 19.7 Å². The summed E-state index contributed by atoms with van der Waals surface area (Å²) in [6, 6.07) is 9.25. The van der Waals surface area contributed by atoms with Gasteiger partial charge in [-0.25, -0.2) is 16.8 Å². The van der Waals surface area contributed by atoms with Crippen LogP contribution in [0.4, 0.5) is 0 Å². The van der Waals surface area contributed by atoms with E-state index in [4.69, 9.17) is 0 Å². The normalized spacial score (nSPS) is 12.8. The lowest BCUT2D eigenvalue weighted by Gasteiger charge is -2.04. The molecule has 6 heteroatoms. The van der Waals surface area contributed by atoms with E-state index >= 15 is 0 Å². The summed E-state index contributed by atoms with van der Waals surface area (Å²) in [5.41, 5.74) is 0. The summed E-state index contributed by atoms with van der Waals surface area (Å²) in [6.07, 6.45) is 2.28.